The van der Waals surface area contributed by atoms with Crippen LogP contribution in [0.25, 0.3) is 0 Å². The Balaban J connectivity index is 1.57. The van der Waals surface area contributed by atoms with Crippen molar-refractivity contribution in [3.8, 4) is 0 Å². The molecule has 0 bridgehead atoms. The van der Waals surface area contributed by atoms with Gasteiger partial charge in [0.25, 0.3) is 5.91 Å². The summed E-state index contributed by atoms with van der Waals surface area (Å²) in [5.41, 5.74) is -0.495. The van der Waals surface area contributed by atoms with Crippen molar-refractivity contribution in [3.05, 3.63) is 64.2 Å². The standard InChI is InChI=1S/C24H25F6N3O/c1-32-9-11-33(12-10-32)21-4-2-3-15-5-7-17(14-18(15)21)31-22(34)19-13-16(23(25,26)27)6-8-20(19)24(28,29)30/h2-4,6,8,13,17H,5,7,9-12,14H2,1H3,(H,31,34). The van der Waals surface area contributed by atoms with Crippen LogP contribution in [0.5, 0.6) is 0 Å². The van der Waals surface area contributed by atoms with Crippen molar-refractivity contribution in [3.63, 3.8) is 0 Å². The number of hydrogen-bond acceptors (Lipinski definition) is 3. The van der Waals surface area contributed by atoms with E-state index in [1.807, 2.05) is 25.2 Å². The van der Waals surface area contributed by atoms with Crippen molar-refractivity contribution in [2.24, 2.45) is 0 Å². The minimum atomic E-state index is -4.95. The van der Waals surface area contributed by atoms with E-state index in [9.17, 15) is 31.1 Å². The third-order valence-electron chi connectivity index (χ3n) is 6.54. The third kappa shape index (κ3) is 5.16. The number of nitrogens with one attached hydrogen (secondary N) is 1. The van der Waals surface area contributed by atoms with Crippen molar-refractivity contribution >= 4 is 11.6 Å². The highest BCUT2D eigenvalue weighted by Gasteiger charge is 2.39. The highest BCUT2D eigenvalue weighted by Crippen LogP contribution is 2.37. The van der Waals surface area contributed by atoms with Gasteiger partial charge in [-0.2, -0.15) is 26.3 Å². The fourth-order valence-electron chi connectivity index (χ4n) is 4.65. The molecule has 1 aliphatic carbocycles. The largest absolute Gasteiger partial charge is 0.417 e. The lowest BCUT2D eigenvalue weighted by atomic mass is 9.86. The highest BCUT2D eigenvalue weighted by atomic mass is 19.4. The average Bonchev–Trinajstić information content (AvgIpc) is 2.77. The van der Waals surface area contributed by atoms with Crippen molar-refractivity contribution in [1.82, 2.24) is 10.2 Å². The van der Waals surface area contributed by atoms with Crippen LogP contribution in [0, 0.1) is 0 Å². The summed E-state index contributed by atoms with van der Waals surface area (Å²) in [6.07, 6.45) is -8.30. The molecule has 0 aromatic heterocycles. The minimum absolute atomic E-state index is 0.282. The Labute approximate surface area is 193 Å². The van der Waals surface area contributed by atoms with Gasteiger partial charge in [0.1, 0.15) is 0 Å². The van der Waals surface area contributed by atoms with Gasteiger partial charge in [0.05, 0.1) is 16.7 Å². The van der Waals surface area contributed by atoms with Gasteiger partial charge in [0.2, 0.25) is 0 Å². The van der Waals surface area contributed by atoms with Crippen LogP contribution in [-0.4, -0.2) is 50.1 Å². The van der Waals surface area contributed by atoms with Gasteiger partial charge in [-0.3, -0.25) is 4.79 Å². The molecule has 2 aromatic rings. The number of hydrogen-bond donors (Lipinski definition) is 1. The van der Waals surface area contributed by atoms with E-state index in [4.69, 9.17) is 0 Å². The molecule has 1 aliphatic heterocycles. The molecule has 0 spiro atoms. The molecule has 1 N–H and O–H groups in total. The lowest BCUT2D eigenvalue weighted by Crippen LogP contribution is -2.45. The molecule has 184 valence electrons. The zero-order valence-electron chi connectivity index (χ0n) is 18.6. The van der Waals surface area contributed by atoms with Gasteiger partial charge < -0.3 is 15.1 Å². The van der Waals surface area contributed by atoms with Crippen LogP contribution >= 0.6 is 0 Å². The first-order valence-corrected chi connectivity index (χ1v) is 11.1. The Bertz CT molecular complexity index is 1060. The zero-order valence-corrected chi connectivity index (χ0v) is 18.6. The molecule has 34 heavy (non-hydrogen) atoms. The zero-order chi connectivity index (χ0) is 24.7. The summed E-state index contributed by atoms with van der Waals surface area (Å²) in [6.45, 7) is 3.48. The van der Waals surface area contributed by atoms with Gasteiger partial charge in [-0.25, -0.2) is 0 Å². The minimum Gasteiger partial charge on any atom is -0.369 e. The number of likely N-dealkylation sites (N-methyl/N-ethyl adjacent to an activating group) is 1. The molecule has 1 unspecified atom stereocenters. The molecule has 0 radical (unpaired) electrons. The third-order valence-corrected chi connectivity index (χ3v) is 6.54. The van der Waals surface area contributed by atoms with Gasteiger partial charge in [0.15, 0.2) is 0 Å². The summed E-state index contributed by atoms with van der Waals surface area (Å²) in [5.74, 6) is -1.15. The number of aryl methyl sites for hydroxylation is 1. The quantitative estimate of drug-likeness (QED) is 0.637. The average molecular weight is 485 g/mol. The highest BCUT2D eigenvalue weighted by molar-refractivity contribution is 5.96. The fourth-order valence-corrected chi connectivity index (χ4v) is 4.65. The molecule has 1 saturated heterocycles. The Morgan fingerprint density at radius 3 is 2.32 bits per heavy atom. The lowest BCUT2D eigenvalue weighted by Gasteiger charge is -2.37. The first-order chi connectivity index (χ1) is 15.9. The van der Waals surface area contributed by atoms with Crippen LogP contribution in [-0.2, 0) is 25.2 Å². The van der Waals surface area contributed by atoms with E-state index in [1.54, 1.807) is 0 Å². The van der Waals surface area contributed by atoms with E-state index in [2.05, 4.69) is 15.1 Å². The molecule has 1 atom stereocenters. The van der Waals surface area contributed by atoms with E-state index in [-0.39, 0.29) is 6.07 Å². The number of halogens is 6. The molecule has 2 aromatic carbocycles. The molecule has 1 heterocycles. The molecule has 0 saturated carbocycles. The molecule has 10 heteroatoms. The Morgan fingerprint density at radius 2 is 1.68 bits per heavy atom. The number of fused-ring (bicyclic) bond motifs is 1. The number of benzene rings is 2. The molecular formula is C24H25F6N3O. The summed E-state index contributed by atoms with van der Waals surface area (Å²) in [6, 6.07) is 6.45. The number of anilines is 1. The predicted molar refractivity (Wildman–Crippen MR) is 116 cm³/mol. The van der Waals surface area contributed by atoms with Gasteiger partial charge in [-0.05, 0) is 61.7 Å². The Morgan fingerprint density at radius 1 is 0.971 bits per heavy atom. The molecule has 1 amide bonds. The maximum absolute atomic E-state index is 13.4. The van der Waals surface area contributed by atoms with Crippen LogP contribution < -0.4 is 10.2 Å². The fraction of sp³-hybridized carbons (Fsp3) is 0.458. The molecule has 4 rings (SSSR count). The summed E-state index contributed by atoms with van der Waals surface area (Å²) >= 11 is 0. The SMILES string of the molecule is CN1CCN(c2cccc3c2CC(NC(=O)c2cc(C(F)(F)F)ccc2C(F)(F)F)CC3)CC1. The van der Waals surface area contributed by atoms with Crippen LogP contribution in [0.3, 0.4) is 0 Å². The normalized spacial score (nSPS) is 19.6. The second kappa shape index (κ2) is 9.13. The van der Waals surface area contributed by atoms with Crippen molar-refractivity contribution in [2.75, 3.05) is 38.1 Å². The van der Waals surface area contributed by atoms with Crippen LogP contribution in [0.1, 0.15) is 39.0 Å². The number of amides is 1. The van der Waals surface area contributed by atoms with E-state index in [0.29, 0.717) is 31.4 Å². The summed E-state index contributed by atoms with van der Waals surface area (Å²) < 4.78 is 79.6. The number of piperazine rings is 1. The first kappa shape index (κ1) is 24.4. The smallest absolute Gasteiger partial charge is 0.369 e. The molecule has 4 nitrogen and oxygen atoms in total. The maximum Gasteiger partial charge on any atom is 0.417 e. The summed E-state index contributed by atoms with van der Waals surface area (Å²) in [7, 11) is 2.05. The summed E-state index contributed by atoms with van der Waals surface area (Å²) in [5, 5.41) is 2.57. The molecule has 2 aliphatic rings. The second-order valence-electron chi connectivity index (χ2n) is 8.87. The number of nitrogens with zero attached hydrogens (tertiary/aromatic N) is 2. The van der Waals surface area contributed by atoms with E-state index >= 15 is 0 Å². The molecular weight excluding hydrogens is 460 g/mol. The number of carbonyl (C=O) groups excluding carboxylic acids is 1. The number of alkyl halides is 6. The van der Waals surface area contributed by atoms with E-state index in [0.717, 1.165) is 43.0 Å². The van der Waals surface area contributed by atoms with Crippen LogP contribution in [0.2, 0.25) is 0 Å². The van der Waals surface area contributed by atoms with E-state index in [1.165, 1.54) is 0 Å². The van der Waals surface area contributed by atoms with Crippen molar-refractivity contribution < 1.29 is 31.1 Å². The van der Waals surface area contributed by atoms with Gasteiger partial charge >= 0.3 is 12.4 Å². The first-order valence-electron chi connectivity index (χ1n) is 11.1. The van der Waals surface area contributed by atoms with Crippen LogP contribution in [0.15, 0.2) is 36.4 Å². The maximum atomic E-state index is 13.4. The Kier molecular flexibility index (Phi) is 6.54. The van der Waals surface area contributed by atoms with Crippen molar-refractivity contribution in [1.29, 1.82) is 0 Å². The van der Waals surface area contributed by atoms with Gasteiger partial charge in [-0.15, -0.1) is 0 Å². The van der Waals surface area contributed by atoms with Crippen LogP contribution in [0.4, 0.5) is 32.0 Å². The van der Waals surface area contributed by atoms with Gasteiger partial charge in [0, 0.05) is 37.9 Å². The molecule has 1 fully saturated rings. The lowest BCUT2D eigenvalue weighted by molar-refractivity contribution is -0.141. The summed E-state index contributed by atoms with van der Waals surface area (Å²) in [4.78, 5) is 17.3. The topological polar surface area (TPSA) is 35.6 Å². The number of rotatable bonds is 3. The van der Waals surface area contributed by atoms with E-state index < -0.39 is 41.0 Å². The Hall–Kier alpha value is -2.75. The second-order valence-corrected chi connectivity index (χ2v) is 8.87. The van der Waals surface area contributed by atoms with Gasteiger partial charge in [-0.1, -0.05) is 12.1 Å². The predicted octanol–water partition coefficient (Wildman–Crippen LogP) is 4.76. The number of carbonyl (C=O) groups is 1. The monoisotopic (exact) mass is 485 g/mol. The van der Waals surface area contributed by atoms with Crippen molar-refractivity contribution in [2.45, 2.75) is 37.7 Å².